The van der Waals surface area contributed by atoms with Gasteiger partial charge in [-0.05, 0) is 32.2 Å². The average molecular weight is 352 g/mol. The lowest BCUT2D eigenvalue weighted by Gasteiger charge is -2.34. The molecular formula is C13H19ClFN3O3S. The summed E-state index contributed by atoms with van der Waals surface area (Å²) in [7, 11) is -2.74. The van der Waals surface area contributed by atoms with Gasteiger partial charge >= 0.3 is 0 Å². The highest BCUT2D eigenvalue weighted by Crippen LogP contribution is 2.18. The first kappa shape index (κ1) is 18.8. The molecular weight excluding hydrogens is 333 g/mol. The molecule has 1 amide bonds. The van der Waals surface area contributed by atoms with Crippen LogP contribution in [0.2, 0.25) is 0 Å². The monoisotopic (exact) mass is 351 g/mol. The second-order valence-corrected chi connectivity index (χ2v) is 6.76. The summed E-state index contributed by atoms with van der Waals surface area (Å²) in [6, 6.07) is 3.39. The van der Waals surface area contributed by atoms with Gasteiger partial charge in [-0.15, -0.1) is 12.4 Å². The Kier molecular flexibility index (Phi) is 6.30. The first-order valence-corrected chi connectivity index (χ1v) is 8.10. The highest BCUT2D eigenvalue weighted by atomic mass is 35.5. The number of piperazine rings is 1. The number of carbonyl (C=O) groups excluding carboxylic acids is 1. The van der Waals surface area contributed by atoms with E-state index in [2.05, 4.69) is 10.0 Å². The van der Waals surface area contributed by atoms with Crippen LogP contribution < -0.4 is 10.0 Å². The molecule has 0 aliphatic carbocycles. The summed E-state index contributed by atoms with van der Waals surface area (Å²) in [5.74, 6) is -1.18. The fourth-order valence-electron chi connectivity index (χ4n) is 2.26. The second kappa shape index (κ2) is 7.36. The Morgan fingerprint density at radius 1 is 1.45 bits per heavy atom. The first-order valence-electron chi connectivity index (χ1n) is 6.61. The van der Waals surface area contributed by atoms with Crippen molar-refractivity contribution in [2.45, 2.75) is 17.9 Å². The van der Waals surface area contributed by atoms with Gasteiger partial charge < -0.3 is 10.2 Å². The Labute approximate surface area is 135 Å². The van der Waals surface area contributed by atoms with Gasteiger partial charge in [0.1, 0.15) is 10.7 Å². The number of benzene rings is 1. The molecule has 1 aliphatic rings. The highest BCUT2D eigenvalue weighted by Gasteiger charge is 2.26. The van der Waals surface area contributed by atoms with Gasteiger partial charge in [0.15, 0.2) is 0 Å². The van der Waals surface area contributed by atoms with Crippen molar-refractivity contribution in [3.63, 3.8) is 0 Å². The minimum atomic E-state index is -3.94. The molecule has 1 fully saturated rings. The van der Waals surface area contributed by atoms with Crippen LogP contribution in [0.25, 0.3) is 0 Å². The summed E-state index contributed by atoms with van der Waals surface area (Å²) in [6.45, 7) is 3.79. The van der Waals surface area contributed by atoms with E-state index in [9.17, 15) is 17.6 Å². The summed E-state index contributed by atoms with van der Waals surface area (Å²) < 4.78 is 39.2. The predicted octanol–water partition coefficient (Wildman–Crippen LogP) is 0.590. The largest absolute Gasteiger partial charge is 0.333 e. The molecule has 1 saturated heterocycles. The minimum absolute atomic E-state index is 0. The second-order valence-electron chi connectivity index (χ2n) is 4.90. The topological polar surface area (TPSA) is 78.5 Å². The van der Waals surface area contributed by atoms with E-state index in [0.29, 0.717) is 19.6 Å². The van der Waals surface area contributed by atoms with Crippen molar-refractivity contribution in [3.8, 4) is 0 Å². The Bertz CT molecular complexity index is 654. The molecule has 0 saturated carbocycles. The van der Waals surface area contributed by atoms with Crippen molar-refractivity contribution in [2.24, 2.45) is 0 Å². The van der Waals surface area contributed by atoms with Crippen LogP contribution in [-0.4, -0.2) is 51.9 Å². The number of hydrogen-bond acceptors (Lipinski definition) is 4. The van der Waals surface area contributed by atoms with Crippen molar-refractivity contribution in [3.05, 3.63) is 29.6 Å². The van der Waals surface area contributed by atoms with E-state index < -0.39 is 20.7 Å². The summed E-state index contributed by atoms with van der Waals surface area (Å²) in [6.07, 6.45) is 0. The van der Waals surface area contributed by atoms with Gasteiger partial charge in [0.25, 0.3) is 5.91 Å². The van der Waals surface area contributed by atoms with Gasteiger partial charge in [0.2, 0.25) is 10.0 Å². The fourth-order valence-corrected chi connectivity index (χ4v) is 3.09. The molecule has 1 aromatic carbocycles. The zero-order valence-electron chi connectivity index (χ0n) is 12.3. The van der Waals surface area contributed by atoms with E-state index in [1.54, 1.807) is 4.90 Å². The number of halogens is 2. The Morgan fingerprint density at radius 2 is 2.14 bits per heavy atom. The zero-order chi connectivity index (χ0) is 15.6. The quantitative estimate of drug-likeness (QED) is 0.835. The lowest BCUT2D eigenvalue weighted by molar-refractivity contribution is 0.0655. The van der Waals surface area contributed by atoms with E-state index in [1.807, 2.05) is 6.92 Å². The van der Waals surface area contributed by atoms with Gasteiger partial charge in [-0.3, -0.25) is 4.79 Å². The molecule has 1 aromatic rings. The molecule has 2 rings (SSSR count). The van der Waals surface area contributed by atoms with Crippen molar-refractivity contribution in [2.75, 3.05) is 26.7 Å². The van der Waals surface area contributed by atoms with Gasteiger partial charge in [0, 0.05) is 31.2 Å². The number of rotatable bonds is 3. The summed E-state index contributed by atoms with van der Waals surface area (Å²) in [4.78, 5) is 13.6. The van der Waals surface area contributed by atoms with Crippen molar-refractivity contribution >= 4 is 28.3 Å². The van der Waals surface area contributed by atoms with Gasteiger partial charge in [-0.25, -0.2) is 17.5 Å². The Hall–Kier alpha value is -1.22. The fraction of sp³-hybridized carbons (Fsp3) is 0.462. The maximum atomic E-state index is 13.7. The third-order valence-corrected chi connectivity index (χ3v) is 4.93. The van der Waals surface area contributed by atoms with Crippen LogP contribution >= 0.6 is 12.4 Å². The third kappa shape index (κ3) is 3.75. The molecule has 1 heterocycles. The van der Waals surface area contributed by atoms with Crippen LogP contribution in [0.3, 0.4) is 0 Å². The molecule has 1 aliphatic heterocycles. The predicted molar refractivity (Wildman–Crippen MR) is 83.3 cm³/mol. The van der Waals surface area contributed by atoms with Gasteiger partial charge in [0.05, 0.1) is 0 Å². The van der Waals surface area contributed by atoms with E-state index in [4.69, 9.17) is 0 Å². The van der Waals surface area contributed by atoms with E-state index in [0.717, 1.165) is 12.1 Å². The van der Waals surface area contributed by atoms with Crippen LogP contribution in [0.4, 0.5) is 4.39 Å². The van der Waals surface area contributed by atoms with Crippen LogP contribution in [0.5, 0.6) is 0 Å². The van der Waals surface area contributed by atoms with Crippen LogP contribution in [0, 0.1) is 5.82 Å². The van der Waals surface area contributed by atoms with Crippen LogP contribution in [-0.2, 0) is 10.0 Å². The SMILES string of the molecule is CNS(=O)(=O)c1cc(C(=O)N2CCNCC2C)ccc1F.Cl. The lowest BCUT2D eigenvalue weighted by Crippen LogP contribution is -2.52. The Balaban J connectivity index is 0.00000242. The van der Waals surface area contributed by atoms with Crippen LogP contribution in [0.1, 0.15) is 17.3 Å². The number of hydrogen-bond donors (Lipinski definition) is 2. The zero-order valence-corrected chi connectivity index (χ0v) is 13.9. The normalized spacial score (nSPS) is 18.7. The lowest BCUT2D eigenvalue weighted by atomic mass is 10.1. The molecule has 0 bridgehead atoms. The molecule has 2 N–H and O–H groups in total. The molecule has 6 nitrogen and oxygen atoms in total. The van der Waals surface area contributed by atoms with Gasteiger partial charge in [-0.2, -0.15) is 0 Å². The van der Waals surface area contributed by atoms with Crippen LogP contribution in [0.15, 0.2) is 23.1 Å². The number of amides is 1. The average Bonchev–Trinajstić information content (AvgIpc) is 2.47. The molecule has 0 radical (unpaired) electrons. The Morgan fingerprint density at radius 3 is 2.73 bits per heavy atom. The van der Waals surface area contributed by atoms with E-state index >= 15 is 0 Å². The minimum Gasteiger partial charge on any atom is -0.333 e. The molecule has 1 atom stereocenters. The van der Waals surface area contributed by atoms with Crippen molar-refractivity contribution in [1.82, 2.24) is 14.9 Å². The summed E-state index contributed by atoms with van der Waals surface area (Å²) in [5, 5.41) is 3.16. The summed E-state index contributed by atoms with van der Waals surface area (Å²) >= 11 is 0. The maximum absolute atomic E-state index is 13.7. The summed E-state index contributed by atoms with van der Waals surface area (Å²) in [5.41, 5.74) is 0.166. The molecule has 22 heavy (non-hydrogen) atoms. The number of nitrogens with one attached hydrogen (secondary N) is 2. The highest BCUT2D eigenvalue weighted by molar-refractivity contribution is 7.89. The van der Waals surface area contributed by atoms with Gasteiger partial charge in [-0.1, -0.05) is 0 Å². The molecule has 9 heteroatoms. The first-order chi connectivity index (χ1) is 9.86. The number of carbonyl (C=O) groups is 1. The maximum Gasteiger partial charge on any atom is 0.254 e. The number of nitrogens with zero attached hydrogens (tertiary/aromatic N) is 1. The molecule has 0 spiro atoms. The number of sulfonamides is 1. The molecule has 0 aromatic heterocycles. The molecule has 1 unspecified atom stereocenters. The standard InChI is InChI=1S/C13H18FN3O3S.ClH/c1-9-8-16-5-6-17(9)13(18)10-3-4-11(14)12(7-10)21(19,20)15-2;/h3-4,7,9,15-16H,5-6,8H2,1-2H3;1H. The molecule has 124 valence electrons. The van der Waals surface area contributed by atoms with Crippen molar-refractivity contribution < 1.29 is 17.6 Å². The third-order valence-electron chi connectivity index (χ3n) is 3.50. The van der Waals surface area contributed by atoms with E-state index in [1.165, 1.54) is 13.1 Å². The smallest absolute Gasteiger partial charge is 0.254 e. The van der Waals surface area contributed by atoms with E-state index in [-0.39, 0.29) is 29.9 Å². The van der Waals surface area contributed by atoms with Crippen molar-refractivity contribution in [1.29, 1.82) is 0 Å².